The summed E-state index contributed by atoms with van der Waals surface area (Å²) in [7, 11) is 0. The van der Waals surface area contributed by atoms with Gasteiger partial charge < -0.3 is 15.0 Å². The number of likely N-dealkylation sites (tertiary alicyclic amines) is 1. The van der Waals surface area contributed by atoms with Crippen molar-refractivity contribution in [1.82, 2.24) is 10.2 Å². The monoisotopic (exact) mass is 382 g/mol. The van der Waals surface area contributed by atoms with Crippen LogP contribution in [0.15, 0.2) is 30.3 Å². The molecule has 1 amide bonds. The van der Waals surface area contributed by atoms with Crippen LogP contribution in [-0.4, -0.2) is 37.2 Å². The Morgan fingerprint density at radius 3 is 2.50 bits per heavy atom. The summed E-state index contributed by atoms with van der Waals surface area (Å²) in [5, 5.41) is 20.3. The minimum Gasteiger partial charge on any atom is -0.445 e. The minimum atomic E-state index is -0.272. The number of carbonyl (C=O) groups excluding carboxylic acids is 1. The molecular formula is C22H30N4O2. The zero-order chi connectivity index (χ0) is 20.0. The van der Waals surface area contributed by atoms with E-state index in [0.717, 1.165) is 44.5 Å². The average Bonchev–Trinajstić information content (AvgIpc) is 2.75. The molecule has 2 saturated heterocycles. The van der Waals surface area contributed by atoms with Crippen LogP contribution in [0.4, 0.5) is 4.79 Å². The number of nitrogens with one attached hydrogen (secondary N) is 1. The third kappa shape index (κ3) is 7.98. The van der Waals surface area contributed by atoms with E-state index in [1.54, 1.807) is 4.90 Å². The van der Waals surface area contributed by atoms with Gasteiger partial charge in [0.1, 0.15) is 6.61 Å². The van der Waals surface area contributed by atoms with Crippen molar-refractivity contribution in [2.24, 2.45) is 11.8 Å². The van der Waals surface area contributed by atoms with E-state index in [1.165, 1.54) is 12.8 Å². The van der Waals surface area contributed by atoms with Crippen LogP contribution in [0.3, 0.4) is 0 Å². The summed E-state index contributed by atoms with van der Waals surface area (Å²) in [5.41, 5.74) is 0.987. The topological polar surface area (TPSA) is 89.2 Å². The maximum Gasteiger partial charge on any atom is 0.410 e. The lowest BCUT2D eigenvalue weighted by Crippen LogP contribution is -2.40. The molecule has 1 N–H and O–H groups in total. The number of nitriles is 2. The predicted molar refractivity (Wildman–Crippen MR) is 107 cm³/mol. The molecule has 2 aliphatic rings. The first-order valence-corrected chi connectivity index (χ1v) is 10.1. The highest BCUT2D eigenvalue weighted by atomic mass is 16.6. The first kappa shape index (κ1) is 21.7. The van der Waals surface area contributed by atoms with Crippen molar-refractivity contribution in [3.63, 3.8) is 0 Å². The molecule has 0 saturated carbocycles. The van der Waals surface area contributed by atoms with E-state index in [9.17, 15) is 4.79 Å². The molecule has 2 aliphatic heterocycles. The van der Waals surface area contributed by atoms with Gasteiger partial charge >= 0.3 is 6.09 Å². The van der Waals surface area contributed by atoms with Crippen LogP contribution in [0.1, 0.15) is 44.1 Å². The van der Waals surface area contributed by atoms with Gasteiger partial charge in [0.25, 0.3) is 0 Å². The summed E-state index contributed by atoms with van der Waals surface area (Å²) in [6.45, 7) is 3.87. The van der Waals surface area contributed by atoms with Crippen LogP contribution < -0.4 is 5.32 Å². The number of amides is 1. The van der Waals surface area contributed by atoms with E-state index >= 15 is 0 Å². The lowest BCUT2D eigenvalue weighted by Gasteiger charge is -2.30. The Bertz CT molecular complexity index is 659. The first-order chi connectivity index (χ1) is 13.7. The third-order valence-corrected chi connectivity index (χ3v) is 5.14. The van der Waals surface area contributed by atoms with Crippen LogP contribution in [0.2, 0.25) is 0 Å². The van der Waals surface area contributed by atoms with Gasteiger partial charge in [0.2, 0.25) is 0 Å². The summed E-state index contributed by atoms with van der Waals surface area (Å²) in [4.78, 5) is 13.7. The lowest BCUT2D eigenvalue weighted by atomic mass is 9.96. The van der Waals surface area contributed by atoms with Crippen molar-refractivity contribution >= 4 is 6.09 Å². The third-order valence-electron chi connectivity index (χ3n) is 5.14. The van der Waals surface area contributed by atoms with Gasteiger partial charge in [-0.1, -0.05) is 30.3 Å². The highest BCUT2D eigenvalue weighted by Crippen LogP contribution is 2.20. The maximum absolute atomic E-state index is 11.9. The molecule has 1 aromatic rings. The molecule has 2 atom stereocenters. The van der Waals surface area contributed by atoms with Gasteiger partial charge in [-0.2, -0.15) is 10.5 Å². The smallest absolute Gasteiger partial charge is 0.410 e. The molecule has 0 spiro atoms. The van der Waals surface area contributed by atoms with Crippen LogP contribution in [0, 0.1) is 34.5 Å². The number of carbonyl (C=O) groups is 1. The standard InChI is InChI=1S/C15H18N2O2.C7H12N2/c16-9-8-13-7-4-10-17(11-13)15(18)19-12-14-5-2-1-3-6-14;8-4-3-7-2-1-5-9-6-7/h1-3,5-6,13H,4,7-8,10-12H2;7,9H,1-3,5-6H2. The van der Waals surface area contributed by atoms with Gasteiger partial charge in [0.15, 0.2) is 0 Å². The van der Waals surface area contributed by atoms with E-state index < -0.39 is 0 Å². The second-order valence-corrected chi connectivity index (χ2v) is 7.43. The Kier molecular flexibility index (Phi) is 9.89. The number of piperidine rings is 2. The number of benzene rings is 1. The fraction of sp³-hybridized carbons (Fsp3) is 0.591. The van der Waals surface area contributed by atoms with Gasteiger partial charge in [0, 0.05) is 25.9 Å². The maximum atomic E-state index is 11.9. The van der Waals surface area contributed by atoms with Crippen molar-refractivity contribution in [3.05, 3.63) is 35.9 Å². The normalized spacial score (nSPS) is 21.4. The summed E-state index contributed by atoms with van der Waals surface area (Å²) in [6.07, 6.45) is 5.43. The van der Waals surface area contributed by atoms with Crippen molar-refractivity contribution in [2.75, 3.05) is 26.2 Å². The van der Waals surface area contributed by atoms with Gasteiger partial charge in [-0.15, -0.1) is 0 Å². The van der Waals surface area contributed by atoms with Crippen molar-refractivity contribution in [2.45, 2.75) is 45.1 Å². The van der Waals surface area contributed by atoms with Gasteiger partial charge in [-0.3, -0.25) is 0 Å². The molecule has 0 bridgehead atoms. The summed E-state index contributed by atoms with van der Waals surface area (Å²) >= 11 is 0. The fourth-order valence-electron chi connectivity index (χ4n) is 3.56. The Morgan fingerprint density at radius 1 is 1.11 bits per heavy atom. The Balaban J connectivity index is 0.000000261. The predicted octanol–water partition coefficient (Wildman–Crippen LogP) is 3.85. The number of hydrogen-bond acceptors (Lipinski definition) is 5. The molecule has 28 heavy (non-hydrogen) atoms. The van der Waals surface area contributed by atoms with Crippen LogP contribution in [0.5, 0.6) is 0 Å². The molecule has 1 aromatic carbocycles. The fourth-order valence-corrected chi connectivity index (χ4v) is 3.56. The molecular weight excluding hydrogens is 352 g/mol. The zero-order valence-electron chi connectivity index (χ0n) is 16.5. The molecule has 6 nitrogen and oxygen atoms in total. The quantitative estimate of drug-likeness (QED) is 0.854. The molecule has 2 fully saturated rings. The van der Waals surface area contributed by atoms with Crippen LogP contribution >= 0.6 is 0 Å². The van der Waals surface area contributed by atoms with Crippen molar-refractivity contribution < 1.29 is 9.53 Å². The van der Waals surface area contributed by atoms with Gasteiger partial charge in [0.05, 0.1) is 12.1 Å². The molecule has 6 heteroatoms. The number of hydrogen-bond donors (Lipinski definition) is 1. The molecule has 2 unspecified atom stereocenters. The summed E-state index contributed by atoms with van der Waals surface area (Å²) in [5.74, 6) is 0.923. The van der Waals surface area contributed by atoms with E-state index in [1.807, 2.05) is 30.3 Å². The molecule has 0 aliphatic carbocycles. The van der Waals surface area contributed by atoms with Crippen molar-refractivity contribution in [1.29, 1.82) is 10.5 Å². The summed E-state index contributed by atoms with van der Waals surface area (Å²) < 4.78 is 5.30. The van der Waals surface area contributed by atoms with Crippen molar-refractivity contribution in [3.8, 4) is 12.1 Å². The average molecular weight is 383 g/mol. The molecule has 150 valence electrons. The van der Waals surface area contributed by atoms with E-state index in [0.29, 0.717) is 31.4 Å². The van der Waals surface area contributed by atoms with Gasteiger partial charge in [-0.05, 0) is 56.2 Å². The second kappa shape index (κ2) is 12.8. The Labute approximate surface area is 168 Å². The Hall–Kier alpha value is -2.57. The molecule has 2 heterocycles. The highest BCUT2D eigenvalue weighted by molar-refractivity contribution is 5.67. The highest BCUT2D eigenvalue weighted by Gasteiger charge is 2.24. The number of nitrogens with zero attached hydrogens (tertiary/aromatic N) is 3. The van der Waals surface area contributed by atoms with Crippen LogP contribution in [-0.2, 0) is 11.3 Å². The lowest BCUT2D eigenvalue weighted by molar-refractivity contribution is 0.0795. The van der Waals surface area contributed by atoms with Crippen LogP contribution in [0.25, 0.3) is 0 Å². The summed E-state index contributed by atoms with van der Waals surface area (Å²) in [6, 6.07) is 14.0. The largest absolute Gasteiger partial charge is 0.445 e. The second-order valence-electron chi connectivity index (χ2n) is 7.43. The zero-order valence-corrected chi connectivity index (χ0v) is 16.5. The van der Waals surface area contributed by atoms with Gasteiger partial charge in [-0.25, -0.2) is 4.79 Å². The van der Waals surface area contributed by atoms with E-state index in [-0.39, 0.29) is 6.09 Å². The molecule has 3 rings (SSSR count). The number of ether oxygens (including phenoxy) is 1. The molecule has 0 aromatic heterocycles. The van der Waals surface area contributed by atoms with E-state index in [4.69, 9.17) is 15.3 Å². The SMILES string of the molecule is N#CCC1CCCN(C(=O)OCc2ccccc2)C1.N#CCC1CCCNC1. The minimum absolute atomic E-state index is 0.272. The number of rotatable bonds is 4. The Morgan fingerprint density at radius 2 is 1.82 bits per heavy atom. The molecule has 0 radical (unpaired) electrons. The van der Waals surface area contributed by atoms with E-state index in [2.05, 4.69) is 17.5 Å². The first-order valence-electron chi connectivity index (χ1n) is 10.1.